The number of nitrogens with one attached hydrogen (secondary N) is 1. The molecule has 5 heteroatoms. The SMILES string of the molecule is CC[C@@H]1OCCC[C@H]1C(=O)Nc1c(-c2ccccc2)ncn1C. The number of ether oxygens (including phenoxy) is 1. The molecule has 122 valence electrons. The summed E-state index contributed by atoms with van der Waals surface area (Å²) >= 11 is 0. The Kier molecular flexibility index (Phi) is 4.76. The van der Waals surface area contributed by atoms with Crippen molar-refractivity contribution in [3.63, 3.8) is 0 Å². The van der Waals surface area contributed by atoms with Gasteiger partial charge in [0.2, 0.25) is 5.91 Å². The Balaban J connectivity index is 1.83. The number of carbonyl (C=O) groups excluding carboxylic acids is 1. The summed E-state index contributed by atoms with van der Waals surface area (Å²) in [6, 6.07) is 9.90. The van der Waals surface area contributed by atoms with Gasteiger partial charge in [-0.1, -0.05) is 37.3 Å². The van der Waals surface area contributed by atoms with Crippen LogP contribution in [-0.4, -0.2) is 28.2 Å². The third-order valence-corrected chi connectivity index (χ3v) is 4.41. The van der Waals surface area contributed by atoms with Gasteiger partial charge in [0.05, 0.1) is 18.3 Å². The van der Waals surface area contributed by atoms with Gasteiger partial charge < -0.3 is 14.6 Å². The molecule has 1 N–H and O–H groups in total. The molecule has 5 nitrogen and oxygen atoms in total. The van der Waals surface area contributed by atoms with Crippen LogP contribution in [-0.2, 0) is 16.6 Å². The van der Waals surface area contributed by atoms with Crippen LogP contribution in [0.4, 0.5) is 5.82 Å². The van der Waals surface area contributed by atoms with Crippen molar-refractivity contribution in [2.45, 2.75) is 32.3 Å². The first-order valence-corrected chi connectivity index (χ1v) is 8.20. The predicted octanol–water partition coefficient (Wildman–Crippen LogP) is 3.23. The van der Waals surface area contributed by atoms with E-state index in [0.717, 1.165) is 42.9 Å². The van der Waals surface area contributed by atoms with Gasteiger partial charge in [-0.2, -0.15) is 0 Å². The Morgan fingerprint density at radius 1 is 1.39 bits per heavy atom. The molecule has 0 saturated carbocycles. The smallest absolute Gasteiger partial charge is 0.231 e. The Hall–Kier alpha value is -2.14. The van der Waals surface area contributed by atoms with E-state index >= 15 is 0 Å². The van der Waals surface area contributed by atoms with Crippen molar-refractivity contribution in [3.05, 3.63) is 36.7 Å². The minimum absolute atomic E-state index is 0.0113. The average Bonchev–Trinajstić information content (AvgIpc) is 2.96. The molecule has 23 heavy (non-hydrogen) atoms. The second-order valence-electron chi connectivity index (χ2n) is 5.97. The molecule has 2 atom stereocenters. The quantitative estimate of drug-likeness (QED) is 0.943. The van der Waals surface area contributed by atoms with Crippen LogP contribution in [0.5, 0.6) is 0 Å². The number of rotatable bonds is 4. The van der Waals surface area contributed by atoms with E-state index in [1.807, 2.05) is 41.9 Å². The van der Waals surface area contributed by atoms with E-state index in [1.54, 1.807) is 6.33 Å². The van der Waals surface area contributed by atoms with Gasteiger partial charge in [0.25, 0.3) is 0 Å². The molecule has 0 radical (unpaired) electrons. The minimum Gasteiger partial charge on any atom is -0.377 e. The molecule has 1 aliphatic heterocycles. The van der Waals surface area contributed by atoms with Crippen molar-refractivity contribution in [2.24, 2.45) is 13.0 Å². The van der Waals surface area contributed by atoms with E-state index in [9.17, 15) is 4.79 Å². The van der Waals surface area contributed by atoms with E-state index < -0.39 is 0 Å². The first kappa shape index (κ1) is 15.7. The van der Waals surface area contributed by atoms with Crippen molar-refractivity contribution in [2.75, 3.05) is 11.9 Å². The van der Waals surface area contributed by atoms with Gasteiger partial charge in [-0.3, -0.25) is 4.79 Å². The molecule has 0 spiro atoms. The molecular formula is C18H23N3O2. The molecule has 0 aliphatic carbocycles. The standard InChI is InChI=1S/C18H23N3O2/c1-3-15-14(10-7-11-23-15)18(22)20-17-16(19-12-21(17)2)13-8-5-4-6-9-13/h4-6,8-9,12,14-15H,3,7,10-11H2,1-2H3,(H,20,22)/t14-,15+/m1/s1. The number of benzene rings is 1. The number of carbonyl (C=O) groups is 1. The lowest BCUT2D eigenvalue weighted by Gasteiger charge is -2.30. The first-order valence-electron chi connectivity index (χ1n) is 8.20. The zero-order valence-electron chi connectivity index (χ0n) is 13.7. The summed E-state index contributed by atoms with van der Waals surface area (Å²) < 4.78 is 7.59. The topological polar surface area (TPSA) is 56.1 Å². The number of aromatic nitrogens is 2. The molecule has 2 heterocycles. The van der Waals surface area contributed by atoms with E-state index in [2.05, 4.69) is 17.2 Å². The zero-order chi connectivity index (χ0) is 16.2. The van der Waals surface area contributed by atoms with Crippen LogP contribution in [0.3, 0.4) is 0 Å². The molecule has 1 fully saturated rings. The van der Waals surface area contributed by atoms with Crippen LogP contribution in [0.25, 0.3) is 11.3 Å². The molecule has 1 aliphatic rings. The van der Waals surface area contributed by atoms with Gasteiger partial charge in [0, 0.05) is 19.2 Å². The Bertz CT molecular complexity index is 666. The lowest BCUT2D eigenvalue weighted by Crippen LogP contribution is -2.38. The van der Waals surface area contributed by atoms with Crippen molar-refractivity contribution < 1.29 is 9.53 Å². The maximum Gasteiger partial charge on any atom is 0.231 e. The zero-order valence-corrected chi connectivity index (χ0v) is 13.7. The van der Waals surface area contributed by atoms with Crippen LogP contribution in [0.2, 0.25) is 0 Å². The monoisotopic (exact) mass is 313 g/mol. The maximum atomic E-state index is 12.7. The number of hydrogen-bond donors (Lipinski definition) is 1. The normalized spacial score (nSPS) is 21.1. The van der Waals surface area contributed by atoms with E-state index in [1.165, 1.54) is 0 Å². The van der Waals surface area contributed by atoms with Crippen molar-refractivity contribution in [3.8, 4) is 11.3 Å². The number of amides is 1. The van der Waals surface area contributed by atoms with Gasteiger partial charge >= 0.3 is 0 Å². The Labute approximate surface area is 136 Å². The van der Waals surface area contributed by atoms with Crippen molar-refractivity contribution in [1.82, 2.24) is 9.55 Å². The summed E-state index contributed by atoms with van der Waals surface area (Å²) in [4.78, 5) is 17.2. The number of aryl methyl sites for hydroxylation is 1. The summed E-state index contributed by atoms with van der Waals surface area (Å²) in [5, 5.41) is 3.07. The van der Waals surface area contributed by atoms with Gasteiger partial charge in [-0.15, -0.1) is 0 Å². The summed E-state index contributed by atoms with van der Waals surface area (Å²) in [6.45, 7) is 2.82. The molecule has 1 aromatic heterocycles. The second-order valence-corrected chi connectivity index (χ2v) is 5.97. The summed E-state index contributed by atoms with van der Waals surface area (Å²) in [7, 11) is 1.89. The van der Waals surface area contributed by atoms with E-state index in [0.29, 0.717) is 0 Å². The average molecular weight is 313 g/mol. The van der Waals surface area contributed by atoms with Crippen LogP contribution in [0.15, 0.2) is 36.7 Å². The minimum atomic E-state index is -0.0905. The van der Waals surface area contributed by atoms with Crippen LogP contribution < -0.4 is 5.32 Å². The Morgan fingerprint density at radius 3 is 2.91 bits per heavy atom. The van der Waals surface area contributed by atoms with Crippen LogP contribution in [0.1, 0.15) is 26.2 Å². The lowest BCUT2D eigenvalue weighted by atomic mass is 9.92. The molecule has 1 amide bonds. The highest BCUT2D eigenvalue weighted by molar-refractivity contribution is 5.95. The third kappa shape index (κ3) is 3.29. The summed E-state index contributed by atoms with van der Waals surface area (Å²) in [6.07, 6.45) is 4.41. The van der Waals surface area contributed by atoms with Gasteiger partial charge in [-0.05, 0) is 19.3 Å². The summed E-state index contributed by atoms with van der Waals surface area (Å²) in [5.41, 5.74) is 1.79. The largest absolute Gasteiger partial charge is 0.377 e. The highest BCUT2D eigenvalue weighted by Gasteiger charge is 2.31. The molecule has 0 unspecified atom stereocenters. The highest BCUT2D eigenvalue weighted by Crippen LogP contribution is 2.29. The predicted molar refractivity (Wildman–Crippen MR) is 90.0 cm³/mol. The van der Waals surface area contributed by atoms with Gasteiger partial charge in [0.15, 0.2) is 0 Å². The fourth-order valence-electron chi connectivity index (χ4n) is 3.14. The highest BCUT2D eigenvalue weighted by atomic mass is 16.5. The fourth-order valence-corrected chi connectivity index (χ4v) is 3.14. The van der Waals surface area contributed by atoms with Gasteiger partial charge in [-0.25, -0.2) is 4.98 Å². The molecule has 3 rings (SSSR count). The molecule has 2 aromatic rings. The van der Waals surface area contributed by atoms with Crippen LogP contribution >= 0.6 is 0 Å². The van der Waals surface area contributed by atoms with E-state index in [4.69, 9.17) is 4.74 Å². The number of nitrogens with zero attached hydrogens (tertiary/aromatic N) is 2. The van der Waals surface area contributed by atoms with Crippen LogP contribution in [0, 0.1) is 5.92 Å². The van der Waals surface area contributed by atoms with Crippen molar-refractivity contribution >= 4 is 11.7 Å². The number of anilines is 1. The van der Waals surface area contributed by atoms with E-state index in [-0.39, 0.29) is 17.9 Å². The lowest BCUT2D eigenvalue weighted by molar-refractivity contribution is -0.129. The summed E-state index contributed by atoms with van der Waals surface area (Å²) in [5.74, 6) is 0.672. The maximum absolute atomic E-state index is 12.7. The van der Waals surface area contributed by atoms with Crippen molar-refractivity contribution in [1.29, 1.82) is 0 Å². The molecular weight excluding hydrogens is 290 g/mol. The third-order valence-electron chi connectivity index (χ3n) is 4.41. The Morgan fingerprint density at radius 2 is 2.17 bits per heavy atom. The number of hydrogen-bond acceptors (Lipinski definition) is 3. The van der Waals surface area contributed by atoms with Gasteiger partial charge in [0.1, 0.15) is 11.5 Å². The fraction of sp³-hybridized carbons (Fsp3) is 0.444. The molecule has 1 aromatic carbocycles. The molecule has 0 bridgehead atoms. The molecule has 1 saturated heterocycles. The number of imidazole rings is 1. The second kappa shape index (κ2) is 6.96. The first-order chi connectivity index (χ1) is 11.2.